The lowest BCUT2D eigenvalue weighted by Crippen LogP contribution is -2.32. The van der Waals surface area contributed by atoms with Crippen LogP contribution in [0.4, 0.5) is 0 Å². The molecule has 1 aromatic rings. The molecular weight excluding hydrogens is 184 g/mol. The summed E-state index contributed by atoms with van der Waals surface area (Å²) in [6, 6.07) is 0.381. The fraction of sp³-hybridized carbons (Fsp3) is 0.667. The summed E-state index contributed by atoms with van der Waals surface area (Å²) >= 11 is 1.69. The van der Waals surface area contributed by atoms with Gasteiger partial charge in [-0.15, -0.1) is 11.3 Å². The number of ether oxygens (including phenoxy) is 1. The van der Waals surface area contributed by atoms with E-state index in [2.05, 4.69) is 10.3 Å². The second-order valence-corrected chi connectivity index (χ2v) is 3.75. The molecule has 74 valence electrons. The van der Waals surface area contributed by atoms with Crippen molar-refractivity contribution in [1.29, 1.82) is 0 Å². The second-order valence-electron chi connectivity index (χ2n) is 2.78. The highest BCUT2D eigenvalue weighted by Crippen LogP contribution is 2.07. The van der Waals surface area contributed by atoms with E-state index in [0.29, 0.717) is 6.04 Å². The third-order valence-electron chi connectivity index (χ3n) is 1.84. The summed E-state index contributed by atoms with van der Waals surface area (Å²) in [5.74, 6) is 0. The third kappa shape index (κ3) is 3.85. The van der Waals surface area contributed by atoms with Crippen LogP contribution in [0.15, 0.2) is 11.6 Å². The van der Waals surface area contributed by atoms with Gasteiger partial charge in [0.25, 0.3) is 0 Å². The summed E-state index contributed by atoms with van der Waals surface area (Å²) in [4.78, 5) is 4.24. The fourth-order valence-corrected chi connectivity index (χ4v) is 1.77. The minimum Gasteiger partial charge on any atom is -0.380 e. The van der Waals surface area contributed by atoms with E-state index in [1.54, 1.807) is 11.3 Å². The first-order valence-corrected chi connectivity index (χ1v) is 5.38. The van der Waals surface area contributed by atoms with Crippen molar-refractivity contribution in [3.05, 3.63) is 16.6 Å². The zero-order chi connectivity index (χ0) is 9.52. The van der Waals surface area contributed by atoms with Crippen molar-refractivity contribution in [3.63, 3.8) is 0 Å². The molecule has 0 radical (unpaired) electrons. The molecule has 13 heavy (non-hydrogen) atoms. The molecule has 0 saturated heterocycles. The quantitative estimate of drug-likeness (QED) is 0.752. The van der Waals surface area contributed by atoms with Crippen LogP contribution in [0.25, 0.3) is 0 Å². The lowest BCUT2D eigenvalue weighted by molar-refractivity contribution is 0.125. The maximum atomic E-state index is 5.35. The van der Waals surface area contributed by atoms with Gasteiger partial charge in [-0.3, -0.25) is 0 Å². The van der Waals surface area contributed by atoms with Crippen molar-refractivity contribution < 1.29 is 4.74 Å². The van der Waals surface area contributed by atoms with E-state index >= 15 is 0 Å². The molecule has 0 aliphatic carbocycles. The zero-order valence-corrected chi connectivity index (χ0v) is 8.93. The normalized spacial score (nSPS) is 13.1. The minimum atomic E-state index is 0.381. The van der Waals surface area contributed by atoms with E-state index in [1.807, 2.05) is 25.5 Å². The Morgan fingerprint density at radius 2 is 2.54 bits per heavy atom. The smallest absolute Gasteiger partial charge is 0.0941 e. The van der Waals surface area contributed by atoms with E-state index in [1.165, 1.54) is 5.01 Å². The molecule has 0 aliphatic rings. The monoisotopic (exact) mass is 200 g/mol. The van der Waals surface area contributed by atoms with Gasteiger partial charge in [-0.2, -0.15) is 0 Å². The predicted octanol–water partition coefficient (Wildman–Crippen LogP) is 1.31. The van der Waals surface area contributed by atoms with E-state index in [-0.39, 0.29) is 0 Å². The highest BCUT2D eigenvalue weighted by molar-refractivity contribution is 7.09. The standard InChI is InChI=1S/C9H16N2OS/c1-3-12-7-8(10-2)6-9-11-4-5-13-9/h4-5,8,10H,3,6-7H2,1-2H3. The maximum Gasteiger partial charge on any atom is 0.0941 e. The number of rotatable bonds is 6. The summed E-state index contributed by atoms with van der Waals surface area (Å²) in [5.41, 5.74) is 0. The van der Waals surface area contributed by atoms with Crippen molar-refractivity contribution in [2.75, 3.05) is 20.3 Å². The Kier molecular flexibility index (Phi) is 4.97. The molecule has 0 fully saturated rings. The van der Waals surface area contributed by atoms with Gasteiger partial charge in [0, 0.05) is 30.6 Å². The Bertz CT molecular complexity index is 213. The molecule has 1 N–H and O–H groups in total. The first-order valence-electron chi connectivity index (χ1n) is 4.50. The molecule has 1 rings (SSSR count). The van der Waals surface area contributed by atoms with Gasteiger partial charge in [-0.25, -0.2) is 4.98 Å². The SMILES string of the molecule is CCOCC(Cc1nccs1)NC. The second kappa shape index (κ2) is 6.07. The zero-order valence-electron chi connectivity index (χ0n) is 8.12. The molecule has 1 unspecified atom stereocenters. The number of hydrogen-bond donors (Lipinski definition) is 1. The van der Waals surface area contributed by atoms with Crippen LogP contribution >= 0.6 is 11.3 Å². The number of nitrogens with one attached hydrogen (secondary N) is 1. The van der Waals surface area contributed by atoms with Crippen molar-refractivity contribution >= 4 is 11.3 Å². The molecular formula is C9H16N2OS. The highest BCUT2D eigenvalue weighted by atomic mass is 32.1. The molecule has 1 aromatic heterocycles. The summed E-state index contributed by atoms with van der Waals surface area (Å²) in [6.07, 6.45) is 2.79. The van der Waals surface area contributed by atoms with Crippen LogP contribution in [0.3, 0.4) is 0 Å². The van der Waals surface area contributed by atoms with Gasteiger partial charge >= 0.3 is 0 Å². The number of aromatic nitrogens is 1. The molecule has 0 spiro atoms. The van der Waals surface area contributed by atoms with Gasteiger partial charge in [-0.1, -0.05) is 0 Å². The van der Waals surface area contributed by atoms with Crippen molar-refractivity contribution in [2.45, 2.75) is 19.4 Å². The largest absolute Gasteiger partial charge is 0.380 e. The van der Waals surface area contributed by atoms with Crippen LogP contribution in [0.1, 0.15) is 11.9 Å². The van der Waals surface area contributed by atoms with Crippen molar-refractivity contribution in [1.82, 2.24) is 10.3 Å². The molecule has 0 aliphatic heterocycles. The minimum absolute atomic E-state index is 0.381. The first-order chi connectivity index (χ1) is 6.36. The molecule has 0 bridgehead atoms. The van der Waals surface area contributed by atoms with Gasteiger partial charge in [0.1, 0.15) is 0 Å². The van der Waals surface area contributed by atoms with Crippen LogP contribution in [0, 0.1) is 0 Å². The average Bonchev–Trinajstić information content (AvgIpc) is 2.64. The number of thiazole rings is 1. The van der Waals surface area contributed by atoms with Gasteiger partial charge in [-0.05, 0) is 14.0 Å². The summed E-state index contributed by atoms with van der Waals surface area (Å²) in [5, 5.41) is 6.39. The van der Waals surface area contributed by atoms with Gasteiger partial charge in [0.05, 0.1) is 11.6 Å². The van der Waals surface area contributed by atoms with E-state index in [4.69, 9.17) is 4.74 Å². The van der Waals surface area contributed by atoms with Crippen LogP contribution < -0.4 is 5.32 Å². The molecule has 0 saturated carbocycles. The van der Waals surface area contributed by atoms with Crippen LogP contribution in [0.2, 0.25) is 0 Å². The number of nitrogens with zero attached hydrogens (tertiary/aromatic N) is 1. The number of hydrogen-bond acceptors (Lipinski definition) is 4. The van der Waals surface area contributed by atoms with E-state index in [9.17, 15) is 0 Å². The number of likely N-dealkylation sites (N-methyl/N-ethyl adjacent to an activating group) is 1. The molecule has 0 aromatic carbocycles. The predicted molar refractivity (Wildman–Crippen MR) is 55.2 cm³/mol. The van der Waals surface area contributed by atoms with Crippen LogP contribution in [-0.4, -0.2) is 31.3 Å². The molecule has 1 atom stereocenters. The van der Waals surface area contributed by atoms with Crippen molar-refractivity contribution in [2.24, 2.45) is 0 Å². The Morgan fingerprint density at radius 1 is 1.69 bits per heavy atom. The van der Waals surface area contributed by atoms with Crippen molar-refractivity contribution in [3.8, 4) is 0 Å². The summed E-state index contributed by atoms with van der Waals surface area (Å²) in [6.45, 7) is 3.54. The molecule has 3 nitrogen and oxygen atoms in total. The summed E-state index contributed by atoms with van der Waals surface area (Å²) in [7, 11) is 1.96. The highest BCUT2D eigenvalue weighted by Gasteiger charge is 2.08. The Hall–Kier alpha value is -0.450. The fourth-order valence-electron chi connectivity index (χ4n) is 1.07. The Morgan fingerprint density at radius 3 is 3.08 bits per heavy atom. The molecule has 0 amide bonds. The summed E-state index contributed by atoms with van der Waals surface area (Å²) < 4.78 is 5.35. The van der Waals surface area contributed by atoms with Gasteiger partial charge in [0.2, 0.25) is 0 Å². The van der Waals surface area contributed by atoms with E-state index < -0.39 is 0 Å². The topological polar surface area (TPSA) is 34.1 Å². The first kappa shape index (κ1) is 10.6. The molecule has 1 heterocycles. The molecule has 4 heteroatoms. The van der Waals surface area contributed by atoms with Crippen LogP contribution in [-0.2, 0) is 11.2 Å². The average molecular weight is 200 g/mol. The maximum absolute atomic E-state index is 5.35. The lowest BCUT2D eigenvalue weighted by atomic mass is 10.2. The lowest BCUT2D eigenvalue weighted by Gasteiger charge is -2.13. The Labute approximate surface area is 83.1 Å². The van der Waals surface area contributed by atoms with Gasteiger partial charge < -0.3 is 10.1 Å². The Balaban J connectivity index is 2.31. The van der Waals surface area contributed by atoms with Gasteiger partial charge in [0.15, 0.2) is 0 Å². The third-order valence-corrected chi connectivity index (χ3v) is 2.64. The van der Waals surface area contributed by atoms with Crippen LogP contribution in [0.5, 0.6) is 0 Å². The van der Waals surface area contributed by atoms with E-state index in [0.717, 1.165) is 19.6 Å².